The predicted octanol–water partition coefficient (Wildman–Crippen LogP) is 5.59. The fourth-order valence-electron chi connectivity index (χ4n) is 1.36. The standard InChI is InChI=1S/C11H14O.C4H10.C2H6/c1-4-10-7-8(2)5-6-11(10)9(3)12;1-3-4-2;1-2/h5-7H,4H2,1-3H3;3-4H2,1-2H3;1-2H3. The molecule has 0 N–H and O–H groups in total. The number of hydrogen-bond acceptors (Lipinski definition) is 1. The summed E-state index contributed by atoms with van der Waals surface area (Å²) in [5.41, 5.74) is 3.24. The molecule has 104 valence electrons. The van der Waals surface area contributed by atoms with Gasteiger partial charge in [-0.25, -0.2) is 0 Å². The quantitative estimate of drug-likeness (QED) is 0.639. The third kappa shape index (κ3) is 8.05. The second kappa shape index (κ2) is 12.3. The molecule has 0 saturated carbocycles. The van der Waals surface area contributed by atoms with E-state index in [4.69, 9.17) is 0 Å². The summed E-state index contributed by atoms with van der Waals surface area (Å²) in [7, 11) is 0. The molecule has 0 aliphatic heterocycles. The van der Waals surface area contributed by atoms with Gasteiger partial charge in [0.25, 0.3) is 0 Å². The summed E-state index contributed by atoms with van der Waals surface area (Å²) in [5, 5.41) is 0. The van der Waals surface area contributed by atoms with E-state index < -0.39 is 0 Å². The van der Waals surface area contributed by atoms with Crippen molar-refractivity contribution in [2.45, 2.75) is 67.7 Å². The lowest BCUT2D eigenvalue weighted by Gasteiger charge is -2.04. The van der Waals surface area contributed by atoms with Gasteiger partial charge in [-0.15, -0.1) is 0 Å². The van der Waals surface area contributed by atoms with Crippen LogP contribution in [-0.2, 0) is 6.42 Å². The molecule has 0 atom stereocenters. The van der Waals surface area contributed by atoms with Gasteiger partial charge >= 0.3 is 0 Å². The van der Waals surface area contributed by atoms with E-state index in [1.807, 2.05) is 32.9 Å². The minimum Gasteiger partial charge on any atom is -0.295 e. The van der Waals surface area contributed by atoms with Crippen molar-refractivity contribution in [2.24, 2.45) is 0 Å². The number of Topliss-reactive ketones (excluding diaryl/α,β-unsaturated/α-hetero) is 1. The highest BCUT2D eigenvalue weighted by molar-refractivity contribution is 5.95. The topological polar surface area (TPSA) is 17.1 Å². The molecule has 0 spiro atoms. The molecule has 1 rings (SSSR count). The average molecular weight is 250 g/mol. The lowest BCUT2D eigenvalue weighted by molar-refractivity contribution is 0.101. The Balaban J connectivity index is 0. The second-order valence-electron chi connectivity index (χ2n) is 4.07. The van der Waals surface area contributed by atoms with Gasteiger partial charge in [0.05, 0.1) is 0 Å². The lowest BCUT2D eigenvalue weighted by atomic mass is 10.00. The summed E-state index contributed by atoms with van der Waals surface area (Å²) < 4.78 is 0. The fraction of sp³-hybridized carbons (Fsp3) is 0.588. The van der Waals surface area contributed by atoms with Crippen LogP contribution in [0, 0.1) is 6.92 Å². The molecule has 0 bridgehead atoms. The molecule has 0 saturated heterocycles. The summed E-state index contributed by atoms with van der Waals surface area (Å²) in [6.07, 6.45) is 3.57. The van der Waals surface area contributed by atoms with E-state index in [1.165, 1.54) is 18.4 Å². The van der Waals surface area contributed by atoms with Crippen molar-refractivity contribution in [1.29, 1.82) is 0 Å². The second-order valence-corrected chi connectivity index (χ2v) is 4.07. The van der Waals surface area contributed by atoms with Gasteiger partial charge in [0.15, 0.2) is 5.78 Å². The van der Waals surface area contributed by atoms with Crippen molar-refractivity contribution < 1.29 is 4.79 Å². The summed E-state index contributed by atoms with van der Waals surface area (Å²) >= 11 is 0. The van der Waals surface area contributed by atoms with Crippen LogP contribution >= 0.6 is 0 Å². The van der Waals surface area contributed by atoms with E-state index in [-0.39, 0.29) is 5.78 Å². The summed E-state index contributed by atoms with van der Waals surface area (Å²) in [5.74, 6) is 0.159. The van der Waals surface area contributed by atoms with Crippen LogP contribution in [0.2, 0.25) is 0 Å². The number of carbonyl (C=O) groups is 1. The van der Waals surface area contributed by atoms with Crippen LogP contribution in [0.25, 0.3) is 0 Å². The molecule has 0 aliphatic carbocycles. The first kappa shape index (κ1) is 19.2. The number of benzene rings is 1. The van der Waals surface area contributed by atoms with E-state index in [0.29, 0.717) is 0 Å². The Morgan fingerprint density at radius 2 is 1.56 bits per heavy atom. The lowest BCUT2D eigenvalue weighted by Crippen LogP contribution is -1.98. The molecule has 1 aromatic rings. The van der Waals surface area contributed by atoms with Crippen molar-refractivity contribution in [3.05, 3.63) is 34.9 Å². The highest BCUT2D eigenvalue weighted by Crippen LogP contribution is 2.12. The Hall–Kier alpha value is -1.11. The fourth-order valence-corrected chi connectivity index (χ4v) is 1.36. The van der Waals surface area contributed by atoms with Crippen LogP contribution in [0.3, 0.4) is 0 Å². The SMILES string of the molecule is CC.CCCC.CCc1cc(C)ccc1C(C)=O. The van der Waals surface area contributed by atoms with Gasteiger partial charge in [0.2, 0.25) is 0 Å². The highest BCUT2D eigenvalue weighted by Gasteiger charge is 2.04. The first-order valence-corrected chi connectivity index (χ1v) is 7.17. The van der Waals surface area contributed by atoms with Gasteiger partial charge in [0.1, 0.15) is 0 Å². The van der Waals surface area contributed by atoms with Gasteiger partial charge in [-0.1, -0.05) is 71.2 Å². The summed E-state index contributed by atoms with van der Waals surface area (Å²) in [6.45, 7) is 14.1. The van der Waals surface area contributed by atoms with Crippen LogP contribution < -0.4 is 0 Å². The first-order chi connectivity index (χ1) is 8.56. The maximum Gasteiger partial charge on any atom is 0.160 e. The van der Waals surface area contributed by atoms with Crippen molar-refractivity contribution in [2.75, 3.05) is 0 Å². The van der Waals surface area contributed by atoms with Crippen LogP contribution in [0.4, 0.5) is 0 Å². The molecule has 0 fully saturated rings. The number of ketones is 1. The zero-order chi connectivity index (χ0) is 14.6. The monoisotopic (exact) mass is 250 g/mol. The van der Waals surface area contributed by atoms with E-state index >= 15 is 0 Å². The van der Waals surface area contributed by atoms with Crippen LogP contribution in [0.15, 0.2) is 18.2 Å². The van der Waals surface area contributed by atoms with E-state index in [2.05, 4.69) is 26.8 Å². The zero-order valence-corrected chi connectivity index (χ0v) is 13.3. The predicted molar refractivity (Wildman–Crippen MR) is 82.5 cm³/mol. The molecule has 1 heteroatoms. The minimum absolute atomic E-state index is 0.159. The normalized spacial score (nSPS) is 8.61. The van der Waals surface area contributed by atoms with Gasteiger partial charge in [-0.3, -0.25) is 4.79 Å². The number of aryl methyl sites for hydroxylation is 2. The van der Waals surface area contributed by atoms with Crippen LogP contribution in [-0.4, -0.2) is 5.78 Å². The van der Waals surface area contributed by atoms with Gasteiger partial charge in [0, 0.05) is 5.56 Å². The van der Waals surface area contributed by atoms with Crippen LogP contribution in [0.5, 0.6) is 0 Å². The minimum atomic E-state index is 0.159. The molecule has 0 heterocycles. The Morgan fingerprint density at radius 1 is 1.06 bits per heavy atom. The van der Waals surface area contributed by atoms with E-state index in [0.717, 1.165) is 17.5 Å². The van der Waals surface area contributed by atoms with Gasteiger partial charge in [-0.05, 0) is 25.8 Å². The van der Waals surface area contributed by atoms with Gasteiger partial charge in [-0.2, -0.15) is 0 Å². The Bertz CT molecular complexity index is 324. The molecule has 1 nitrogen and oxygen atoms in total. The first-order valence-electron chi connectivity index (χ1n) is 7.17. The molecular formula is C17H30O. The molecule has 1 aromatic carbocycles. The third-order valence-electron chi connectivity index (χ3n) is 2.52. The molecule has 0 aromatic heterocycles. The maximum atomic E-state index is 11.1. The Morgan fingerprint density at radius 3 is 1.89 bits per heavy atom. The smallest absolute Gasteiger partial charge is 0.160 e. The Labute approximate surface area is 114 Å². The van der Waals surface area contributed by atoms with E-state index in [1.54, 1.807) is 6.92 Å². The third-order valence-corrected chi connectivity index (χ3v) is 2.52. The number of hydrogen-bond donors (Lipinski definition) is 0. The molecule has 0 radical (unpaired) electrons. The molecule has 0 aliphatic rings. The molecule has 0 amide bonds. The van der Waals surface area contributed by atoms with Crippen molar-refractivity contribution in [3.8, 4) is 0 Å². The van der Waals surface area contributed by atoms with Crippen molar-refractivity contribution in [1.82, 2.24) is 0 Å². The number of rotatable bonds is 3. The largest absolute Gasteiger partial charge is 0.295 e. The van der Waals surface area contributed by atoms with Gasteiger partial charge < -0.3 is 0 Å². The maximum absolute atomic E-state index is 11.1. The number of unbranched alkanes of at least 4 members (excludes halogenated alkanes) is 1. The molecular weight excluding hydrogens is 220 g/mol. The molecule has 0 unspecified atom stereocenters. The summed E-state index contributed by atoms with van der Waals surface area (Å²) in [4.78, 5) is 11.1. The zero-order valence-electron chi connectivity index (χ0n) is 13.3. The Kier molecular flexibility index (Phi) is 13.2. The van der Waals surface area contributed by atoms with Crippen LogP contribution in [0.1, 0.15) is 75.9 Å². The summed E-state index contributed by atoms with van der Waals surface area (Å²) in [6, 6.07) is 5.98. The van der Waals surface area contributed by atoms with Crippen molar-refractivity contribution in [3.63, 3.8) is 0 Å². The van der Waals surface area contributed by atoms with E-state index in [9.17, 15) is 4.79 Å². The molecule has 18 heavy (non-hydrogen) atoms. The highest BCUT2D eigenvalue weighted by atomic mass is 16.1. The average Bonchev–Trinajstić information content (AvgIpc) is 2.40. The van der Waals surface area contributed by atoms with Crippen molar-refractivity contribution >= 4 is 5.78 Å². The number of carbonyl (C=O) groups excluding carboxylic acids is 1.